The van der Waals surface area contributed by atoms with Crippen molar-refractivity contribution in [2.24, 2.45) is 0 Å². The van der Waals surface area contributed by atoms with Gasteiger partial charge in [-0.25, -0.2) is 0 Å². The molecule has 5 heteroatoms. The first-order valence-electron chi connectivity index (χ1n) is 7.78. The highest BCUT2D eigenvalue weighted by Gasteiger charge is 2.64. The molecule has 0 radical (unpaired) electrons. The van der Waals surface area contributed by atoms with E-state index in [2.05, 4.69) is 4.98 Å². The zero-order valence-corrected chi connectivity index (χ0v) is 12.9. The Balaban J connectivity index is 1.74. The average molecular weight is 310 g/mol. The van der Waals surface area contributed by atoms with E-state index in [1.807, 2.05) is 47.5 Å². The van der Waals surface area contributed by atoms with E-state index in [1.165, 1.54) is 0 Å². The first-order chi connectivity index (χ1) is 11.3. The third-order valence-corrected chi connectivity index (χ3v) is 4.68. The number of rotatable bonds is 3. The monoisotopic (exact) mass is 310 g/mol. The molecule has 0 unspecified atom stereocenters. The quantitative estimate of drug-likeness (QED) is 0.818. The molecule has 0 saturated carbocycles. The zero-order valence-electron chi connectivity index (χ0n) is 12.9. The molecule has 1 aromatic heterocycles. The highest BCUT2D eigenvalue weighted by Crippen LogP contribution is 2.52. The third-order valence-electron chi connectivity index (χ3n) is 4.68. The summed E-state index contributed by atoms with van der Waals surface area (Å²) in [6.45, 7) is 0.638. The maximum absolute atomic E-state index is 12.9. The number of amides is 1. The minimum absolute atomic E-state index is 0.0361. The molecule has 1 amide bonds. The summed E-state index contributed by atoms with van der Waals surface area (Å²) < 4.78 is 11.1. The van der Waals surface area contributed by atoms with Crippen LogP contribution in [0.25, 0.3) is 0 Å². The molecule has 0 N–H and O–H groups in total. The van der Waals surface area contributed by atoms with E-state index >= 15 is 0 Å². The lowest BCUT2D eigenvalue weighted by molar-refractivity contribution is -0.156. The van der Waals surface area contributed by atoms with Crippen molar-refractivity contribution in [1.29, 1.82) is 0 Å². The summed E-state index contributed by atoms with van der Waals surface area (Å²) in [6.07, 6.45) is 5.23. The Bertz CT molecular complexity index is 709. The summed E-state index contributed by atoms with van der Waals surface area (Å²) >= 11 is 0. The maximum Gasteiger partial charge on any atom is 0.262 e. The van der Waals surface area contributed by atoms with Crippen molar-refractivity contribution < 1.29 is 14.3 Å². The van der Waals surface area contributed by atoms with Crippen LogP contribution in [0.3, 0.4) is 0 Å². The molecular weight excluding hydrogens is 292 g/mol. The van der Waals surface area contributed by atoms with E-state index in [1.54, 1.807) is 13.3 Å². The number of ether oxygens (including phenoxy) is 2. The zero-order chi connectivity index (χ0) is 15.9. The van der Waals surface area contributed by atoms with Crippen LogP contribution in [-0.4, -0.2) is 30.2 Å². The molecule has 0 aliphatic carbocycles. The fraction of sp³-hybridized carbons (Fsp3) is 0.333. The second-order valence-corrected chi connectivity index (χ2v) is 5.90. The maximum atomic E-state index is 12.9. The number of benzene rings is 1. The summed E-state index contributed by atoms with van der Waals surface area (Å²) in [5.41, 5.74) is 1.14. The van der Waals surface area contributed by atoms with Gasteiger partial charge in [0.15, 0.2) is 5.60 Å². The van der Waals surface area contributed by atoms with Gasteiger partial charge >= 0.3 is 0 Å². The molecule has 4 rings (SSSR count). The van der Waals surface area contributed by atoms with E-state index in [0.29, 0.717) is 6.61 Å². The van der Waals surface area contributed by atoms with Crippen LogP contribution in [0.1, 0.15) is 24.4 Å². The van der Waals surface area contributed by atoms with Crippen molar-refractivity contribution in [1.82, 2.24) is 4.98 Å². The highest BCUT2D eigenvalue weighted by atomic mass is 16.5. The van der Waals surface area contributed by atoms with Gasteiger partial charge in [0.25, 0.3) is 5.91 Å². The van der Waals surface area contributed by atoms with Crippen LogP contribution < -0.4 is 9.64 Å². The van der Waals surface area contributed by atoms with Crippen molar-refractivity contribution in [3.8, 4) is 5.75 Å². The van der Waals surface area contributed by atoms with Crippen molar-refractivity contribution in [3.05, 3.63) is 54.4 Å². The van der Waals surface area contributed by atoms with Gasteiger partial charge in [-0.05, 0) is 48.7 Å². The minimum Gasteiger partial charge on any atom is -0.497 e. The fourth-order valence-corrected chi connectivity index (χ4v) is 3.59. The van der Waals surface area contributed by atoms with Crippen LogP contribution in [0.4, 0.5) is 5.69 Å². The lowest BCUT2D eigenvalue weighted by Crippen LogP contribution is -2.68. The van der Waals surface area contributed by atoms with Crippen molar-refractivity contribution >= 4 is 11.6 Å². The lowest BCUT2D eigenvalue weighted by Gasteiger charge is -2.53. The number of hydrogen-bond donors (Lipinski definition) is 0. The molecule has 118 valence electrons. The van der Waals surface area contributed by atoms with Gasteiger partial charge in [0.05, 0.1) is 7.11 Å². The Kier molecular flexibility index (Phi) is 3.31. The first kappa shape index (κ1) is 14.2. The molecule has 2 fully saturated rings. The van der Waals surface area contributed by atoms with Gasteiger partial charge in [-0.2, -0.15) is 0 Å². The van der Waals surface area contributed by atoms with Gasteiger partial charge in [0.1, 0.15) is 11.8 Å². The Labute approximate surface area is 134 Å². The molecule has 2 aliphatic rings. The summed E-state index contributed by atoms with van der Waals surface area (Å²) in [7, 11) is 1.63. The van der Waals surface area contributed by atoms with Crippen LogP contribution in [0.5, 0.6) is 5.75 Å². The number of pyridine rings is 1. The van der Waals surface area contributed by atoms with Gasteiger partial charge in [-0.15, -0.1) is 0 Å². The number of hydrogen-bond acceptors (Lipinski definition) is 4. The largest absolute Gasteiger partial charge is 0.497 e. The Morgan fingerprint density at radius 2 is 2.13 bits per heavy atom. The van der Waals surface area contributed by atoms with Crippen molar-refractivity contribution in [2.45, 2.75) is 24.5 Å². The number of carbonyl (C=O) groups excluding carboxylic acids is 1. The minimum atomic E-state index is -0.719. The van der Waals surface area contributed by atoms with Gasteiger partial charge < -0.3 is 9.47 Å². The van der Waals surface area contributed by atoms with Crippen molar-refractivity contribution in [3.63, 3.8) is 0 Å². The fourth-order valence-electron chi connectivity index (χ4n) is 3.59. The van der Waals surface area contributed by atoms with E-state index in [0.717, 1.165) is 29.8 Å². The molecule has 23 heavy (non-hydrogen) atoms. The number of β-lactam (4-membered cyclic amide) rings is 1. The van der Waals surface area contributed by atoms with Crippen LogP contribution in [0, 0.1) is 0 Å². The number of carbonyl (C=O) groups is 1. The number of methoxy groups -OCH3 is 1. The summed E-state index contributed by atoms with van der Waals surface area (Å²) in [4.78, 5) is 18.9. The van der Waals surface area contributed by atoms with Crippen LogP contribution in [0.2, 0.25) is 0 Å². The molecule has 2 saturated heterocycles. The number of aromatic nitrogens is 1. The molecule has 1 aromatic carbocycles. The molecular formula is C18H18N2O3. The van der Waals surface area contributed by atoms with E-state index in [-0.39, 0.29) is 11.9 Å². The molecule has 1 spiro atoms. The second-order valence-electron chi connectivity index (χ2n) is 5.90. The van der Waals surface area contributed by atoms with Gasteiger partial charge in [-0.1, -0.05) is 6.07 Å². The standard InChI is InChI=1S/C18H18N2O3/c1-22-15-7-5-14(6-8-15)20-16(13-4-2-10-19-12-13)18(17(20)21)9-3-11-23-18/h2,4-8,10,12,16H,3,9,11H2,1H3/t16-,18-/m0/s1. The predicted octanol–water partition coefficient (Wildman–Crippen LogP) is 2.73. The predicted molar refractivity (Wildman–Crippen MR) is 85.4 cm³/mol. The third kappa shape index (κ3) is 2.04. The number of anilines is 1. The topological polar surface area (TPSA) is 51.7 Å². The van der Waals surface area contributed by atoms with Crippen LogP contribution >= 0.6 is 0 Å². The van der Waals surface area contributed by atoms with Gasteiger partial charge in [0, 0.05) is 24.7 Å². The summed E-state index contributed by atoms with van der Waals surface area (Å²) in [5, 5.41) is 0. The first-order valence-corrected chi connectivity index (χ1v) is 7.78. The molecule has 3 heterocycles. The Hall–Kier alpha value is -2.40. The van der Waals surface area contributed by atoms with Crippen LogP contribution in [0.15, 0.2) is 48.8 Å². The highest BCUT2D eigenvalue weighted by molar-refractivity contribution is 6.08. The molecule has 2 aliphatic heterocycles. The summed E-state index contributed by atoms with van der Waals surface area (Å²) in [5.74, 6) is 0.806. The summed E-state index contributed by atoms with van der Waals surface area (Å²) in [6, 6.07) is 11.3. The normalized spacial score (nSPS) is 26.4. The second kappa shape index (κ2) is 5.35. The number of nitrogens with zero attached hydrogens (tertiary/aromatic N) is 2. The molecule has 2 atom stereocenters. The van der Waals surface area contributed by atoms with E-state index in [4.69, 9.17) is 9.47 Å². The van der Waals surface area contributed by atoms with Crippen molar-refractivity contribution in [2.75, 3.05) is 18.6 Å². The van der Waals surface area contributed by atoms with Gasteiger partial charge in [0.2, 0.25) is 0 Å². The Morgan fingerprint density at radius 3 is 2.74 bits per heavy atom. The van der Waals surface area contributed by atoms with Crippen LogP contribution in [-0.2, 0) is 9.53 Å². The Morgan fingerprint density at radius 1 is 1.30 bits per heavy atom. The molecule has 0 bridgehead atoms. The SMILES string of the molecule is COc1ccc(N2C(=O)[C@]3(CCCO3)[C@@H]2c2cccnc2)cc1. The van der Waals surface area contributed by atoms with Gasteiger partial charge in [-0.3, -0.25) is 14.7 Å². The smallest absolute Gasteiger partial charge is 0.262 e. The van der Waals surface area contributed by atoms with E-state index < -0.39 is 5.60 Å². The molecule has 5 nitrogen and oxygen atoms in total. The van der Waals surface area contributed by atoms with E-state index in [9.17, 15) is 4.79 Å². The molecule has 2 aromatic rings. The average Bonchev–Trinajstić information content (AvgIpc) is 3.12. The lowest BCUT2D eigenvalue weighted by atomic mass is 9.76.